The van der Waals surface area contributed by atoms with Gasteiger partial charge in [0.05, 0.1) is 0 Å². The summed E-state index contributed by atoms with van der Waals surface area (Å²) in [7, 11) is 0. The van der Waals surface area contributed by atoms with E-state index in [9.17, 15) is 0 Å². The predicted octanol–water partition coefficient (Wildman–Crippen LogP) is -5.93. The van der Waals surface area contributed by atoms with Gasteiger partial charge in [0.15, 0.2) is 0 Å². The van der Waals surface area contributed by atoms with Crippen LogP contribution in [0.15, 0.2) is 0 Å². The van der Waals surface area contributed by atoms with Crippen LogP contribution in [0.5, 0.6) is 0 Å². The van der Waals surface area contributed by atoms with Crippen LogP contribution in [0.2, 0.25) is 0 Å². The van der Waals surface area contributed by atoms with E-state index in [4.69, 9.17) is 10.3 Å². The maximum absolute atomic E-state index is 8.68. The van der Waals surface area contributed by atoms with Gasteiger partial charge in [0.2, 0.25) is 0 Å². The summed E-state index contributed by atoms with van der Waals surface area (Å²) in [5, 5.41) is 0. The zero-order valence-electron chi connectivity index (χ0n) is 2.35. The van der Waals surface area contributed by atoms with Gasteiger partial charge in [-0.1, -0.05) is 0 Å². The minimum atomic E-state index is -3.76. The molecular formula is HIO3Zn. The molecule has 0 aromatic rings. The molecule has 0 fully saturated rings. The summed E-state index contributed by atoms with van der Waals surface area (Å²) in [6.07, 6.45) is 0. The van der Waals surface area contributed by atoms with Crippen molar-refractivity contribution in [1.82, 2.24) is 0 Å². The first-order valence-corrected chi connectivity index (χ1v) is 3.20. The summed E-state index contributed by atoms with van der Waals surface area (Å²) in [6.45, 7) is 0. The molecule has 0 unspecified atom stereocenters. The first-order valence-electron chi connectivity index (χ1n) is 0.478. The van der Waals surface area contributed by atoms with E-state index in [2.05, 4.69) is 0 Å². The molecule has 0 heterocycles. The van der Waals surface area contributed by atoms with Gasteiger partial charge in [-0.3, -0.25) is 0 Å². The van der Waals surface area contributed by atoms with Crippen LogP contribution in [0.25, 0.3) is 0 Å². The van der Waals surface area contributed by atoms with Crippen molar-refractivity contribution in [3.8, 4) is 0 Å². The largest absolute Gasteiger partial charge is 0.503 e. The normalized spacial score (nSPS) is 7.20. The zero-order chi connectivity index (χ0) is 3.58. The number of halogens is 1. The van der Waals surface area contributed by atoms with Crippen LogP contribution in [-0.2, 0) is 19.5 Å². The molecule has 0 aromatic heterocycles. The van der Waals surface area contributed by atoms with Gasteiger partial charge in [-0.15, -0.1) is 0 Å². The van der Waals surface area contributed by atoms with Gasteiger partial charge >= 0.3 is 21.1 Å². The first-order chi connectivity index (χ1) is 1.73. The molecule has 1 N–H and O–H groups in total. The second-order valence-corrected chi connectivity index (χ2v) is 1.35. The van der Waals surface area contributed by atoms with Crippen LogP contribution >= 0.6 is 0 Å². The molecule has 0 saturated carbocycles. The molecule has 3 nitrogen and oxygen atoms in total. The van der Waals surface area contributed by atoms with E-state index in [0.29, 0.717) is 0 Å². The third-order valence-corrected chi connectivity index (χ3v) is 0. The van der Waals surface area contributed by atoms with Crippen molar-refractivity contribution in [1.29, 1.82) is 0 Å². The second kappa shape index (κ2) is 5.23. The Hall–Kier alpha value is 1.23. The summed E-state index contributed by atoms with van der Waals surface area (Å²) < 4.78 is 24.5. The van der Waals surface area contributed by atoms with Gasteiger partial charge in [-0.2, -0.15) is 0 Å². The third kappa shape index (κ3) is 36.0. The van der Waals surface area contributed by atoms with Crippen LogP contribution in [0, 0.1) is 0 Å². The van der Waals surface area contributed by atoms with Crippen LogP contribution < -0.4 is 27.9 Å². The molecule has 0 bridgehead atoms. The number of hydrogen-bond donors (Lipinski definition) is 1. The van der Waals surface area contributed by atoms with E-state index < -0.39 is 21.1 Å². The Bertz CT molecular complexity index is 11.6. The second-order valence-electron chi connectivity index (χ2n) is 0.201. The van der Waals surface area contributed by atoms with Gasteiger partial charge in [0.1, 0.15) is 0 Å². The molecule has 0 aliphatic rings. The van der Waals surface area contributed by atoms with E-state index in [1.54, 1.807) is 0 Å². The van der Waals surface area contributed by atoms with Gasteiger partial charge in [-0.05, 0) is 3.44 Å². The molecule has 0 amide bonds. The fourth-order valence-corrected chi connectivity index (χ4v) is 0. The van der Waals surface area contributed by atoms with E-state index in [1.165, 1.54) is 0 Å². The van der Waals surface area contributed by atoms with Gasteiger partial charge in [0, 0.05) is 19.5 Å². The summed E-state index contributed by atoms with van der Waals surface area (Å²) in [5.41, 5.74) is 0. The molecule has 0 saturated heterocycles. The molecule has 0 aliphatic carbocycles. The van der Waals surface area contributed by atoms with Crippen LogP contribution in [0.3, 0.4) is 0 Å². The summed E-state index contributed by atoms with van der Waals surface area (Å²) in [5.74, 6) is 0. The molecule has 5 heavy (non-hydrogen) atoms. The van der Waals surface area contributed by atoms with E-state index in [1.807, 2.05) is 0 Å². The maximum atomic E-state index is 8.68. The smallest absolute Gasteiger partial charge is 0.396 e. The van der Waals surface area contributed by atoms with Crippen molar-refractivity contribution in [2.45, 2.75) is 0 Å². The summed E-state index contributed by atoms with van der Waals surface area (Å²) in [6, 6.07) is 0. The van der Waals surface area contributed by atoms with Crippen molar-refractivity contribution in [2.24, 2.45) is 0 Å². The molecule has 28 valence electrons. The maximum Gasteiger partial charge on any atom is 0.503 e. The van der Waals surface area contributed by atoms with Crippen LogP contribution in [0.4, 0.5) is 0 Å². The van der Waals surface area contributed by atoms with Gasteiger partial charge in [-0.25, -0.2) is 0 Å². The first kappa shape index (κ1) is 9.53. The average molecular weight is 241 g/mol. The Morgan fingerprint density at radius 3 is 1.40 bits per heavy atom. The van der Waals surface area contributed by atoms with E-state index in [0.717, 1.165) is 0 Å². The Labute approximate surface area is 50.8 Å². The third-order valence-electron chi connectivity index (χ3n) is 0. The standard InChI is InChI=1S/HIO3.Zn/c2-1(3)4;/h2H;. The Morgan fingerprint density at radius 2 is 1.40 bits per heavy atom. The van der Waals surface area contributed by atoms with Gasteiger partial charge in [0.25, 0.3) is 0 Å². The Kier molecular flexibility index (Phi) is 9.97. The van der Waals surface area contributed by atoms with Crippen molar-refractivity contribution < 1.29 is 50.9 Å². The monoisotopic (exact) mass is 240 g/mol. The molecular weight excluding hydrogens is 240 g/mol. The molecule has 0 aliphatic heterocycles. The quantitative estimate of drug-likeness (QED) is 0.339. The average Bonchev–Trinajstić information content (AvgIpc) is 0.811. The molecule has 0 rings (SSSR count). The molecule has 0 aromatic carbocycles. The summed E-state index contributed by atoms with van der Waals surface area (Å²) >= 11 is -3.76. The topological polar surface area (TPSA) is 66.3 Å². The minimum Gasteiger partial charge on any atom is -0.396 e. The Morgan fingerprint density at radius 1 is 1.40 bits per heavy atom. The van der Waals surface area contributed by atoms with Crippen molar-refractivity contribution >= 4 is 0 Å². The van der Waals surface area contributed by atoms with Crippen molar-refractivity contribution in [3.63, 3.8) is 0 Å². The van der Waals surface area contributed by atoms with E-state index in [-0.39, 0.29) is 19.5 Å². The van der Waals surface area contributed by atoms with Crippen LogP contribution in [0.1, 0.15) is 0 Å². The van der Waals surface area contributed by atoms with Crippen molar-refractivity contribution in [2.75, 3.05) is 0 Å². The molecule has 0 atom stereocenters. The number of hydrogen-bond acceptors (Lipinski definition) is 3. The molecule has 0 spiro atoms. The summed E-state index contributed by atoms with van der Waals surface area (Å²) in [4.78, 5) is 0. The van der Waals surface area contributed by atoms with Crippen LogP contribution in [-0.4, -0.2) is 3.44 Å². The minimum absolute atomic E-state index is 0. The predicted molar refractivity (Wildman–Crippen MR) is 2.22 cm³/mol. The van der Waals surface area contributed by atoms with E-state index >= 15 is 0 Å². The molecule has 0 radical (unpaired) electrons. The van der Waals surface area contributed by atoms with Gasteiger partial charge < -0.3 is 6.87 Å². The Balaban J connectivity index is 0. The SMILES string of the molecule is [O-][I+2]([O-])O.[Zn]. The fraction of sp³-hybridized carbons (Fsp3) is 0. The molecule has 5 heteroatoms. The fourth-order valence-electron chi connectivity index (χ4n) is 0. The zero-order valence-corrected chi connectivity index (χ0v) is 7.47. The van der Waals surface area contributed by atoms with Crippen molar-refractivity contribution in [3.05, 3.63) is 0 Å². The number of rotatable bonds is 0.